The van der Waals surface area contributed by atoms with Crippen molar-refractivity contribution < 1.29 is 4.74 Å². The van der Waals surface area contributed by atoms with Crippen LogP contribution < -0.4 is 0 Å². The lowest BCUT2D eigenvalue weighted by molar-refractivity contribution is -0.0408. The maximum Gasteiger partial charge on any atom is 0.0581 e. The number of hydrogen-bond acceptors (Lipinski definition) is 1. The lowest BCUT2D eigenvalue weighted by atomic mass is 9.84. The normalized spacial score (nSPS) is 19.6. The molecule has 0 amide bonds. The van der Waals surface area contributed by atoms with E-state index in [9.17, 15) is 0 Å². The number of rotatable bonds is 8. The predicted molar refractivity (Wildman–Crippen MR) is 68.2 cm³/mol. The fourth-order valence-corrected chi connectivity index (χ4v) is 2.18. The second-order valence-electron chi connectivity index (χ2n) is 4.90. The Hall–Kier alpha value is -0.0400. The standard InChI is InChI=1S/C14H30O/c1-7-10-14(11(4)8-2)13(6)15-12(5)9-3/h11-14H,7-10H2,1-6H3. The molecule has 0 heterocycles. The molecule has 0 saturated heterocycles. The van der Waals surface area contributed by atoms with Gasteiger partial charge in [0.25, 0.3) is 0 Å². The van der Waals surface area contributed by atoms with Crippen LogP contribution in [0.5, 0.6) is 0 Å². The first-order chi connectivity index (χ1) is 7.06. The van der Waals surface area contributed by atoms with E-state index in [1.807, 2.05) is 0 Å². The summed E-state index contributed by atoms with van der Waals surface area (Å²) in [5, 5.41) is 0. The summed E-state index contributed by atoms with van der Waals surface area (Å²) in [5.41, 5.74) is 0. The molecule has 4 unspecified atom stereocenters. The molecule has 0 radical (unpaired) electrons. The van der Waals surface area contributed by atoms with Gasteiger partial charge < -0.3 is 4.74 Å². The van der Waals surface area contributed by atoms with Gasteiger partial charge in [-0.3, -0.25) is 0 Å². The van der Waals surface area contributed by atoms with E-state index in [4.69, 9.17) is 4.74 Å². The third-order valence-corrected chi connectivity index (χ3v) is 3.62. The predicted octanol–water partition coefficient (Wildman–Crippen LogP) is 4.65. The summed E-state index contributed by atoms with van der Waals surface area (Å²) < 4.78 is 6.04. The molecule has 0 N–H and O–H groups in total. The molecule has 15 heavy (non-hydrogen) atoms. The van der Waals surface area contributed by atoms with Crippen LogP contribution in [-0.4, -0.2) is 12.2 Å². The Kier molecular flexibility index (Phi) is 8.13. The highest BCUT2D eigenvalue weighted by atomic mass is 16.5. The Bertz CT molecular complexity index is 144. The van der Waals surface area contributed by atoms with Crippen molar-refractivity contribution in [3.05, 3.63) is 0 Å². The molecular weight excluding hydrogens is 184 g/mol. The smallest absolute Gasteiger partial charge is 0.0581 e. The summed E-state index contributed by atoms with van der Waals surface area (Å²) in [4.78, 5) is 0. The zero-order valence-electron chi connectivity index (χ0n) is 11.5. The van der Waals surface area contributed by atoms with Gasteiger partial charge in [-0.15, -0.1) is 0 Å². The highest BCUT2D eigenvalue weighted by molar-refractivity contribution is 4.72. The maximum absolute atomic E-state index is 6.04. The van der Waals surface area contributed by atoms with Crippen molar-refractivity contribution in [1.82, 2.24) is 0 Å². The zero-order chi connectivity index (χ0) is 11.8. The molecule has 1 heteroatoms. The van der Waals surface area contributed by atoms with E-state index in [0.717, 1.165) is 18.3 Å². The molecule has 0 aliphatic heterocycles. The van der Waals surface area contributed by atoms with Crippen molar-refractivity contribution in [3.8, 4) is 0 Å². The van der Waals surface area contributed by atoms with Crippen LogP contribution in [0, 0.1) is 11.8 Å². The average molecular weight is 214 g/mol. The lowest BCUT2D eigenvalue weighted by Crippen LogP contribution is -2.29. The molecule has 1 nitrogen and oxygen atoms in total. The van der Waals surface area contributed by atoms with Crippen LogP contribution in [0.15, 0.2) is 0 Å². The van der Waals surface area contributed by atoms with Gasteiger partial charge in [-0.2, -0.15) is 0 Å². The Labute approximate surface area is 96.6 Å². The summed E-state index contributed by atoms with van der Waals surface area (Å²) in [6.07, 6.45) is 5.76. The maximum atomic E-state index is 6.04. The van der Waals surface area contributed by atoms with Crippen LogP contribution in [0.2, 0.25) is 0 Å². The highest BCUT2D eigenvalue weighted by Gasteiger charge is 2.23. The van der Waals surface area contributed by atoms with Crippen LogP contribution >= 0.6 is 0 Å². The van der Waals surface area contributed by atoms with Gasteiger partial charge in [-0.1, -0.05) is 40.5 Å². The summed E-state index contributed by atoms with van der Waals surface area (Å²) in [6, 6.07) is 0. The van der Waals surface area contributed by atoms with Gasteiger partial charge in [0, 0.05) is 0 Å². The van der Waals surface area contributed by atoms with Crippen LogP contribution in [0.3, 0.4) is 0 Å². The highest BCUT2D eigenvalue weighted by Crippen LogP contribution is 2.26. The van der Waals surface area contributed by atoms with E-state index in [1.165, 1.54) is 19.3 Å². The first kappa shape index (κ1) is 15.0. The van der Waals surface area contributed by atoms with E-state index in [2.05, 4.69) is 41.5 Å². The molecular formula is C14H30O. The Morgan fingerprint density at radius 2 is 1.53 bits per heavy atom. The second kappa shape index (κ2) is 8.15. The summed E-state index contributed by atoms with van der Waals surface area (Å²) in [7, 11) is 0. The summed E-state index contributed by atoms with van der Waals surface area (Å²) in [5.74, 6) is 1.51. The molecule has 0 fully saturated rings. The third kappa shape index (κ3) is 5.55. The summed E-state index contributed by atoms with van der Waals surface area (Å²) in [6.45, 7) is 13.5. The Balaban J connectivity index is 4.20. The van der Waals surface area contributed by atoms with Crippen molar-refractivity contribution in [2.45, 2.75) is 79.4 Å². The van der Waals surface area contributed by atoms with E-state index < -0.39 is 0 Å². The van der Waals surface area contributed by atoms with Gasteiger partial charge in [0.2, 0.25) is 0 Å². The van der Waals surface area contributed by atoms with Gasteiger partial charge >= 0.3 is 0 Å². The molecule has 0 aliphatic carbocycles. The largest absolute Gasteiger partial charge is 0.375 e. The molecule has 92 valence electrons. The molecule has 0 aromatic heterocycles. The van der Waals surface area contributed by atoms with Gasteiger partial charge in [-0.25, -0.2) is 0 Å². The first-order valence-electron chi connectivity index (χ1n) is 6.72. The van der Waals surface area contributed by atoms with E-state index in [0.29, 0.717) is 12.2 Å². The van der Waals surface area contributed by atoms with E-state index in [-0.39, 0.29) is 0 Å². The zero-order valence-corrected chi connectivity index (χ0v) is 11.5. The van der Waals surface area contributed by atoms with Gasteiger partial charge in [0.15, 0.2) is 0 Å². The molecule has 0 aromatic carbocycles. The van der Waals surface area contributed by atoms with Gasteiger partial charge in [0.1, 0.15) is 0 Å². The molecule has 0 aliphatic rings. The van der Waals surface area contributed by atoms with E-state index in [1.54, 1.807) is 0 Å². The quantitative estimate of drug-likeness (QED) is 0.571. The minimum Gasteiger partial charge on any atom is -0.375 e. The molecule has 0 rings (SSSR count). The van der Waals surface area contributed by atoms with Crippen LogP contribution in [-0.2, 0) is 4.74 Å². The number of hydrogen-bond donors (Lipinski definition) is 0. The second-order valence-corrected chi connectivity index (χ2v) is 4.90. The van der Waals surface area contributed by atoms with Crippen molar-refractivity contribution >= 4 is 0 Å². The van der Waals surface area contributed by atoms with Crippen LogP contribution in [0.25, 0.3) is 0 Å². The average Bonchev–Trinajstić information content (AvgIpc) is 2.24. The van der Waals surface area contributed by atoms with Crippen molar-refractivity contribution in [3.63, 3.8) is 0 Å². The first-order valence-corrected chi connectivity index (χ1v) is 6.72. The molecule has 0 aromatic rings. The van der Waals surface area contributed by atoms with Crippen molar-refractivity contribution in [1.29, 1.82) is 0 Å². The molecule has 0 saturated carbocycles. The minimum atomic E-state index is 0.406. The van der Waals surface area contributed by atoms with E-state index >= 15 is 0 Å². The van der Waals surface area contributed by atoms with Crippen LogP contribution in [0.1, 0.15) is 67.2 Å². The summed E-state index contributed by atoms with van der Waals surface area (Å²) >= 11 is 0. The van der Waals surface area contributed by atoms with Gasteiger partial charge in [-0.05, 0) is 38.5 Å². The molecule has 0 spiro atoms. The Morgan fingerprint density at radius 3 is 1.93 bits per heavy atom. The lowest BCUT2D eigenvalue weighted by Gasteiger charge is -2.30. The molecule has 0 bridgehead atoms. The fourth-order valence-electron chi connectivity index (χ4n) is 2.18. The van der Waals surface area contributed by atoms with Crippen molar-refractivity contribution in [2.24, 2.45) is 11.8 Å². The van der Waals surface area contributed by atoms with Crippen LogP contribution in [0.4, 0.5) is 0 Å². The SMILES string of the molecule is CCCC(C(C)CC)C(C)OC(C)CC. The topological polar surface area (TPSA) is 9.23 Å². The Morgan fingerprint density at radius 1 is 0.933 bits per heavy atom. The third-order valence-electron chi connectivity index (χ3n) is 3.62. The monoisotopic (exact) mass is 214 g/mol. The number of ether oxygens (including phenoxy) is 1. The fraction of sp³-hybridized carbons (Fsp3) is 1.00. The minimum absolute atomic E-state index is 0.406. The van der Waals surface area contributed by atoms with Gasteiger partial charge in [0.05, 0.1) is 12.2 Å². The molecule has 4 atom stereocenters. The van der Waals surface area contributed by atoms with Crippen molar-refractivity contribution in [2.75, 3.05) is 0 Å².